The van der Waals surface area contributed by atoms with E-state index in [0.717, 1.165) is 16.5 Å². The summed E-state index contributed by atoms with van der Waals surface area (Å²) in [5, 5.41) is 12.0. The van der Waals surface area contributed by atoms with E-state index in [0.29, 0.717) is 49.2 Å². The van der Waals surface area contributed by atoms with Crippen molar-refractivity contribution in [3.05, 3.63) is 48.5 Å². The van der Waals surface area contributed by atoms with Crippen molar-refractivity contribution in [2.75, 3.05) is 31.7 Å². The van der Waals surface area contributed by atoms with E-state index in [1.54, 1.807) is 6.20 Å². The molecule has 1 unspecified atom stereocenters. The number of hydrogen-bond donors (Lipinski definition) is 2. The molecule has 0 saturated carbocycles. The molecular formula is C20H18FN5O3. The SMILES string of the molecule is Fc1cnc2c(Nc3ccc4c(OCC5COCCO5)nccc4c3)n[nH]c2c1. The first-order chi connectivity index (χ1) is 14.3. The van der Waals surface area contributed by atoms with Crippen LogP contribution in [0, 0.1) is 5.82 Å². The number of hydrogen-bond acceptors (Lipinski definition) is 7. The highest BCUT2D eigenvalue weighted by molar-refractivity contribution is 5.92. The van der Waals surface area contributed by atoms with Crippen molar-refractivity contribution in [1.82, 2.24) is 20.2 Å². The summed E-state index contributed by atoms with van der Waals surface area (Å²) < 4.78 is 30.2. The maximum Gasteiger partial charge on any atom is 0.221 e. The molecule has 3 aromatic heterocycles. The maximum absolute atomic E-state index is 13.3. The first kappa shape index (κ1) is 17.8. The van der Waals surface area contributed by atoms with Crippen LogP contribution in [0.3, 0.4) is 0 Å². The van der Waals surface area contributed by atoms with Gasteiger partial charge < -0.3 is 19.5 Å². The fourth-order valence-electron chi connectivity index (χ4n) is 3.25. The minimum atomic E-state index is -0.413. The lowest BCUT2D eigenvalue weighted by Crippen LogP contribution is -2.33. The summed E-state index contributed by atoms with van der Waals surface area (Å²) in [5.74, 6) is 0.661. The number of pyridine rings is 2. The van der Waals surface area contributed by atoms with E-state index in [-0.39, 0.29) is 6.10 Å². The normalized spacial score (nSPS) is 16.9. The van der Waals surface area contributed by atoms with Gasteiger partial charge in [0.1, 0.15) is 24.0 Å². The summed E-state index contributed by atoms with van der Waals surface area (Å²) in [6.45, 7) is 2.10. The van der Waals surface area contributed by atoms with Gasteiger partial charge in [-0.2, -0.15) is 5.10 Å². The standard InChI is InChI=1S/C20H18FN5O3/c21-13-8-17-18(23-9-13)19(26-25-17)24-14-1-2-16-12(7-14)3-4-22-20(16)29-11-15-10-27-5-6-28-15/h1-4,7-9,15H,5-6,10-11H2,(H2,24,25,26). The van der Waals surface area contributed by atoms with Crippen molar-refractivity contribution in [2.45, 2.75) is 6.10 Å². The number of H-pyrrole nitrogens is 1. The van der Waals surface area contributed by atoms with Gasteiger partial charge in [-0.3, -0.25) is 5.10 Å². The predicted molar refractivity (Wildman–Crippen MR) is 105 cm³/mol. The molecule has 0 spiro atoms. The summed E-state index contributed by atoms with van der Waals surface area (Å²) in [7, 11) is 0. The highest BCUT2D eigenvalue weighted by Crippen LogP contribution is 2.29. The first-order valence-corrected chi connectivity index (χ1v) is 9.24. The van der Waals surface area contributed by atoms with E-state index in [1.165, 1.54) is 12.3 Å². The predicted octanol–water partition coefficient (Wildman–Crippen LogP) is 3.18. The molecule has 0 aliphatic carbocycles. The number of ether oxygens (including phenoxy) is 3. The Kier molecular flexibility index (Phi) is 4.66. The van der Waals surface area contributed by atoms with Gasteiger partial charge in [-0.1, -0.05) is 0 Å². The van der Waals surface area contributed by atoms with Gasteiger partial charge in [0.25, 0.3) is 0 Å². The number of fused-ring (bicyclic) bond motifs is 2. The van der Waals surface area contributed by atoms with E-state index in [9.17, 15) is 4.39 Å². The molecule has 1 aromatic carbocycles. The van der Waals surface area contributed by atoms with Gasteiger partial charge in [-0.05, 0) is 29.7 Å². The molecule has 5 rings (SSSR count). The van der Waals surface area contributed by atoms with E-state index in [2.05, 4.69) is 25.5 Å². The number of rotatable bonds is 5. The third-order valence-electron chi connectivity index (χ3n) is 4.65. The van der Waals surface area contributed by atoms with E-state index < -0.39 is 5.82 Å². The zero-order valence-electron chi connectivity index (χ0n) is 15.4. The Morgan fingerprint density at radius 3 is 3.07 bits per heavy atom. The number of nitrogens with one attached hydrogen (secondary N) is 2. The van der Waals surface area contributed by atoms with Crippen molar-refractivity contribution < 1.29 is 18.6 Å². The van der Waals surface area contributed by atoms with E-state index in [1.807, 2.05) is 24.3 Å². The molecule has 0 amide bonds. The highest BCUT2D eigenvalue weighted by atomic mass is 19.1. The average molecular weight is 395 g/mol. The summed E-state index contributed by atoms with van der Waals surface area (Å²) in [4.78, 5) is 8.44. The third kappa shape index (κ3) is 3.69. The van der Waals surface area contributed by atoms with Crippen molar-refractivity contribution in [2.24, 2.45) is 0 Å². The van der Waals surface area contributed by atoms with Gasteiger partial charge in [-0.15, -0.1) is 0 Å². The molecule has 1 fully saturated rings. The molecule has 4 heterocycles. The summed E-state index contributed by atoms with van der Waals surface area (Å²) in [6, 6.07) is 9.07. The smallest absolute Gasteiger partial charge is 0.221 e. The van der Waals surface area contributed by atoms with Crippen LogP contribution in [0.15, 0.2) is 42.7 Å². The van der Waals surface area contributed by atoms with E-state index in [4.69, 9.17) is 14.2 Å². The Balaban J connectivity index is 1.37. The van der Waals surface area contributed by atoms with Crippen molar-refractivity contribution >= 4 is 33.3 Å². The third-order valence-corrected chi connectivity index (χ3v) is 4.65. The molecule has 0 bridgehead atoms. The lowest BCUT2D eigenvalue weighted by Gasteiger charge is -2.22. The van der Waals surface area contributed by atoms with Gasteiger partial charge in [0.2, 0.25) is 5.88 Å². The number of nitrogens with zero attached hydrogens (tertiary/aromatic N) is 3. The molecule has 9 heteroatoms. The van der Waals surface area contributed by atoms with Gasteiger partial charge in [0.05, 0.1) is 31.5 Å². The summed E-state index contributed by atoms with van der Waals surface area (Å²) >= 11 is 0. The summed E-state index contributed by atoms with van der Waals surface area (Å²) in [5.41, 5.74) is 1.92. The topological polar surface area (TPSA) is 94.2 Å². The number of anilines is 2. The Morgan fingerprint density at radius 1 is 1.21 bits per heavy atom. The molecule has 29 heavy (non-hydrogen) atoms. The Bertz CT molecular complexity index is 1160. The average Bonchev–Trinajstić information content (AvgIpc) is 3.14. The van der Waals surface area contributed by atoms with Crippen molar-refractivity contribution in [3.63, 3.8) is 0 Å². The van der Waals surface area contributed by atoms with Crippen LogP contribution in [-0.4, -0.2) is 52.7 Å². The quantitative estimate of drug-likeness (QED) is 0.536. The van der Waals surface area contributed by atoms with Crippen molar-refractivity contribution in [1.29, 1.82) is 0 Å². The fraction of sp³-hybridized carbons (Fsp3) is 0.250. The molecule has 1 aliphatic rings. The monoisotopic (exact) mass is 395 g/mol. The molecule has 2 N–H and O–H groups in total. The van der Waals surface area contributed by atoms with Crippen LogP contribution < -0.4 is 10.1 Å². The fourth-order valence-corrected chi connectivity index (χ4v) is 3.25. The van der Waals surface area contributed by atoms with Crippen LogP contribution >= 0.6 is 0 Å². The Morgan fingerprint density at radius 2 is 2.17 bits per heavy atom. The minimum Gasteiger partial charge on any atom is -0.474 e. The van der Waals surface area contributed by atoms with Crippen LogP contribution in [0.4, 0.5) is 15.9 Å². The molecule has 8 nitrogen and oxygen atoms in total. The second-order valence-electron chi connectivity index (χ2n) is 6.68. The lowest BCUT2D eigenvalue weighted by atomic mass is 10.1. The van der Waals surface area contributed by atoms with Crippen LogP contribution in [-0.2, 0) is 9.47 Å². The number of halogens is 1. The highest BCUT2D eigenvalue weighted by Gasteiger charge is 2.16. The minimum absolute atomic E-state index is 0.0907. The van der Waals surface area contributed by atoms with Crippen LogP contribution in [0.5, 0.6) is 5.88 Å². The maximum atomic E-state index is 13.3. The number of benzene rings is 1. The summed E-state index contributed by atoms with van der Waals surface area (Å²) in [6.07, 6.45) is 2.78. The second kappa shape index (κ2) is 7.61. The largest absolute Gasteiger partial charge is 0.474 e. The van der Waals surface area contributed by atoms with Gasteiger partial charge >= 0.3 is 0 Å². The number of aromatic amines is 1. The molecule has 148 valence electrons. The number of aromatic nitrogens is 4. The first-order valence-electron chi connectivity index (χ1n) is 9.24. The zero-order valence-corrected chi connectivity index (χ0v) is 15.4. The van der Waals surface area contributed by atoms with Gasteiger partial charge in [-0.25, -0.2) is 14.4 Å². The Labute approximate surface area is 165 Å². The van der Waals surface area contributed by atoms with E-state index >= 15 is 0 Å². The van der Waals surface area contributed by atoms with Crippen molar-refractivity contribution in [3.8, 4) is 5.88 Å². The second-order valence-corrected chi connectivity index (χ2v) is 6.68. The van der Waals surface area contributed by atoms with Crippen LogP contribution in [0.1, 0.15) is 0 Å². The molecule has 4 aromatic rings. The molecule has 1 saturated heterocycles. The molecule has 1 aliphatic heterocycles. The molecular weight excluding hydrogens is 377 g/mol. The Hall–Kier alpha value is -3.30. The lowest BCUT2D eigenvalue weighted by molar-refractivity contribution is -0.101. The zero-order chi connectivity index (χ0) is 19.6. The van der Waals surface area contributed by atoms with Gasteiger partial charge in [0, 0.05) is 23.3 Å². The van der Waals surface area contributed by atoms with Crippen LogP contribution in [0.25, 0.3) is 21.8 Å². The molecule has 0 radical (unpaired) electrons. The van der Waals surface area contributed by atoms with Crippen LogP contribution in [0.2, 0.25) is 0 Å². The van der Waals surface area contributed by atoms with Gasteiger partial charge in [0.15, 0.2) is 5.82 Å². The molecule has 1 atom stereocenters.